The molecule has 0 aliphatic carbocycles. The molecule has 1 aromatic carbocycles. The summed E-state index contributed by atoms with van der Waals surface area (Å²) >= 11 is 1.64. The smallest absolute Gasteiger partial charge is 0.243 e. The summed E-state index contributed by atoms with van der Waals surface area (Å²) in [6, 6.07) is 6.10. The van der Waals surface area contributed by atoms with Crippen LogP contribution in [0.4, 0.5) is 5.69 Å². The third-order valence-corrected chi connectivity index (χ3v) is 4.57. The largest absolute Gasteiger partial charge is 0.346 e. The van der Waals surface area contributed by atoms with E-state index in [2.05, 4.69) is 16.0 Å². The Hall–Kier alpha value is -2.18. The van der Waals surface area contributed by atoms with E-state index >= 15 is 0 Å². The van der Waals surface area contributed by atoms with Gasteiger partial charge >= 0.3 is 0 Å². The van der Waals surface area contributed by atoms with Crippen molar-refractivity contribution in [1.29, 1.82) is 0 Å². The van der Waals surface area contributed by atoms with Crippen molar-refractivity contribution in [2.75, 3.05) is 25.5 Å². The number of likely N-dealkylation sites (N-methyl/N-ethyl adjacent to an activating group) is 1. The van der Waals surface area contributed by atoms with E-state index in [0.717, 1.165) is 22.4 Å². The Morgan fingerprint density at radius 2 is 1.80 bits per heavy atom. The molecular weight excluding hydrogens is 334 g/mol. The molecule has 0 atom stereocenters. The number of carbonyl (C=O) groups is 2. The zero-order valence-electron chi connectivity index (χ0n) is 15.2. The first-order chi connectivity index (χ1) is 11.8. The van der Waals surface area contributed by atoms with E-state index < -0.39 is 0 Å². The SMILES string of the molecule is Cc1cc(C)c(NC(=O)CNC(=O)CN(C)Cc2ccsc2)c(C)c1. The number of nitrogens with one attached hydrogen (secondary N) is 2. The Balaban J connectivity index is 1.78. The quantitative estimate of drug-likeness (QED) is 0.799. The second kappa shape index (κ2) is 8.78. The maximum absolute atomic E-state index is 12.1. The normalized spacial score (nSPS) is 10.8. The summed E-state index contributed by atoms with van der Waals surface area (Å²) in [7, 11) is 1.89. The van der Waals surface area contributed by atoms with E-state index in [1.54, 1.807) is 11.3 Å². The van der Waals surface area contributed by atoms with Gasteiger partial charge in [-0.1, -0.05) is 17.7 Å². The third kappa shape index (κ3) is 5.99. The molecule has 0 aliphatic rings. The van der Waals surface area contributed by atoms with Crippen molar-refractivity contribution in [3.05, 3.63) is 51.2 Å². The Kier molecular flexibility index (Phi) is 6.73. The van der Waals surface area contributed by atoms with Crippen molar-refractivity contribution in [2.24, 2.45) is 0 Å². The van der Waals surface area contributed by atoms with Crippen LogP contribution in [0, 0.1) is 20.8 Å². The van der Waals surface area contributed by atoms with E-state index in [0.29, 0.717) is 6.54 Å². The van der Waals surface area contributed by atoms with Gasteiger partial charge in [0.2, 0.25) is 11.8 Å². The van der Waals surface area contributed by atoms with Crippen LogP contribution < -0.4 is 10.6 Å². The molecule has 2 rings (SSSR count). The number of anilines is 1. The first-order valence-corrected chi connectivity index (χ1v) is 9.13. The molecule has 5 nitrogen and oxygen atoms in total. The summed E-state index contributed by atoms with van der Waals surface area (Å²) in [4.78, 5) is 26.0. The molecule has 0 unspecified atom stereocenters. The molecule has 0 spiro atoms. The van der Waals surface area contributed by atoms with Gasteiger partial charge in [-0.2, -0.15) is 11.3 Å². The average Bonchev–Trinajstić information content (AvgIpc) is 3.01. The highest BCUT2D eigenvalue weighted by Crippen LogP contribution is 2.21. The van der Waals surface area contributed by atoms with Gasteiger partial charge in [-0.25, -0.2) is 0 Å². The molecule has 0 radical (unpaired) electrons. The fourth-order valence-corrected chi connectivity index (χ4v) is 3.45. The van der Waals surface area contributed by atoms with Gasteiger partial charge in [0.15, 0.2) is 0 Å². The van der Waals surface area contributed by atoms with Crippen molar-refractivity contribution in [3.8, 4) is 0 Å². The van der Waals surface area contributed by atoms with E-state index in [4.69, 9.17) is 0 Å². The Morgan fingerprint density at radius 1 is 1.12 bits per heavy atom. The van der Waals surface area contributed by atoms with Crippen LogP contribution in [0.5, 0.6) is 0 Å². The molecular formula is C19H25N3O2S. The number of carbonyl (C=O) groups excluding carboxylic acids is 2. The third-order valence-electron chi connectivity index (χ3n) is 3.83. The van der Waals surface area contributed by atoms with Gasteiger partial charge in [0.05, 0.1) is 13.1 Å². The van der Waals surface area contributed by atoms with Crippen LogP contribution >= 0.6 is 11.3 Å². The molecule has 1 aromatic heterocycles. The van der Waals surface area contributed by atoms with E-state index in [-0.39, 0.29) is 24.9 Å². The molecule has 2 amide bonds. The van der Waals surface area contributed by atoms with Crippen LogP contribution in [0.2, 0.25) is 0 Å². The van der Waals surface area contributed by atoms with Gasteiger partial charge < -0.3 is 10.6 Å². The highest BCUT2D eigenvalue weighted by atomic mass is 32.1. The van der Waals surface area contributed by atoms with Gasteiger partial charge in [0.1, 0.15) is 0 Å². The lowest BCUT2D eigenvalue weighted by Crippen LogP contribution is -2.39. The number of hydrogen-bond donors (Lipinski definition) is 2. The van der Waals surface area contributed by atoms with E-state index in [9.17, 15) is 9.59 Å². The monoisotopic (exact) mass is 359 g/mol. The summed E-state index contributed by atoms with van der Waals surface area (Å²) in [6.45, 7) is 6.90. The molecule has 2 N–H and O–H groups in total. The minimum atomic E-state index is -0.219. The van der Waals surface area contributed by atoms with Gasteiger partial charge in [-0.05, 0) is 61.3 Å². The van der Waals surface area contributed by atoms with Crippen molar-refractivity contribution in [3.63, 3.8) is 0 Å². The predicted octanol–water partition coefficient (Wildman–Crippen LogP) is 2.86. The summed E-state index contributed by atoms with van der Waals surface area (Å²) < 4.78 is 0. The van der Waals surface area contributed by atoms with Crippen LogP contribution in [0.15, 0.2) is 29.0 Å². The second-order valence-electron chi connectivity index (χ2n) is 6.40. The molecule has 1 heterocycles. The van der Waals surface area contributed by atoms with Gasteiger partial charge in [0, 0.05) is 12.2 Å². The van der Waals surface area contributed by atoms with Crippen LogP contribution in [0.25, 0.3) is 0 Å². The van der Waals surface area contributed by atoms with Crippen LogP contribution in [-0.2, 0) is 16.1 Å². The molecule has 0 fully saturated rings. The second-order valence-corrected chi connectivity index (χ2v) is 7.18. The van der Waals surface area contributed by atoms with Crippen molar-refractivity contribution < 1.29 is 9.59 Å². The van der Waals surface area contributed by atoms with Gasteiger partial charge in [-0.15, -0.1) is 0 Å². The minimum absolute atomic E-state index is 0.0299. The summed E-state index contributed by atoms with van der Waals surface area (Å²) in [6.07, 6.45) is 0. The molecule has 134 valence electrons. The number of amides is 2. The summed E-state index contributed by atoms with van der Waals surface area (Å²) in [5, 5.41) is 9.64. The number of benzene rings is 1. The Bertz CT molecular complexity index is 718. The van der Waals surface area contributed by atoms with Crippen molar-refractivity contribution in [2.45, 2.75) is 27.3 Å². The molecule has 2 aromatic rings. The number of nitrogens with zero attached hydrogens (tertiary/aromatic N) is 1. The van der Waals surface area contributed by atoms with Crippen LogP contribution in [-0.4, -0.2) is 36.9 Å². The number of hydrogen-bond acceptors (Lipinski definition) is 4. The zero-order valence-corrected chi connectivity index (χ0v) is 16.0. The maximum Gasteiger partial charge on any atom is 0.243 e. The minimum Gasteiger partial charge on any atom is -0.346 e. The fourth-order valence-electron chi connectivity index (χ4n) is 2.79. The summed E-state index contributed by atoms with van der Waals surface area (Å²) in [5.74, 6) is -0.380. The maximum atomic E-state index is 12.1. The molecule has 0 saturated heterocycles. The average molecular weight is 359 g/mol. The van der Waals surface area contributed by atoms with E-state index in [1.165, 1.54) is 5.56 Å². The molecule has 0 saturated carbocycles. The van der Waals surface area contributed by atoms with Crippen molar-refractivity contribution >= 4 is 28.8 Å². The number of rotatable bonds is 7. The van der Waals surface area contributed by atoms with Crippen LogP contribution in [0.1, 0.15) is 22.3 Å². The molecule has 25 heavy (non-hydrogen) atoms. The summed E-state index contributed by atoms with van der Waals surface area (Å²) in [5.41, 5.74) is 5.21. The fraction of sp³-hybridized carbons (Fsp3) is 0.368. The zero-order chi connectivity index (χ0) is 18.4. The Morgan fingerprint density at radius 3 is 2.40 bits per heavy atom. The lowest BCUT2D eigenvalue weighted by Gasteiger charge is -2.16. The lowest BCUT2D eigenvalue weighted by molar-refractivity contribution is -0.124. The van der Waals surface area contributed by atoms with Gasteiger partial charge in [-0.3, -0.25) is 14.5 Å². The highest BCUT2D eigenvalue weighted by molar-refractivity contribution is 7.07. The Labute approximate surface area is 153 Å². The van der Waals surface area contributed by atoms with Gasteiger partial charge in [0.25, 0.3) is 0 Å². The van der Waals surface area contributed by atoms with Crippen molar-refractivity contribution in [1.82, 2.24) is 10.2 Å². The molecule has 0 bridgehead atoms. The van der Waals surface area contributed by atoms with Crippen LogP contribution in [0.3, 0.4) is 0 Å². The standard InChI is InChI=1S/C19H25N3O2S/c1-13-7-14(2)19(15(3)8-13)21-17(23)9-20-18(24)11-22(4)10-16-5-6-25-12-16/h5-8,12H,9-11H2,1-4H3,(H,20,24)(H,21,23). The topological polar surface area (TPSA) is 61.4 Å². The molecule has 6 heteroatoms. The molecule has 0 aliphatic heterocycles. The predicted molar refractivity (Wildman–Crippen MR) is 103 cm³/mol. The number of thiophene rings is 1. The number of aryl methyl sites for hydroxylation is 3. The first kappa shape index (κ1) is 19.1. The first-order valence-electron chi connectivity index (χ1n) is 8.19. The van der Waals surface area contributed by atoms with E-state index in [1.807, 2.05) is 56.3 Å². The lowest BCUT2D eigenvalue weighted by atomic mass is 10.1. The highest BCUT2D eigenvalue weighted by Gasteiger charge is 2.11.